The van der Waals surface area contributed by atoms with Crippen LogP contribution in [0.25, 0.3) is 0 Å². The first-order valence-corrected chi connectivity index (χ1v) is 7.09. The van der Waals surface area contributed by atoms with Crippen LogP contribution in [0.4, 0.5) is 0 Å². The standard InChI is InChI=1S/C16H20O5/c1-2-21-15(19)16(11-20-8-7-14(16)18)9-12-3-5-13(10-17)6-4-12/h3-6,17H,2,7-11H2,1H3. The van der Waals surface area contributed by atoms with E-state index in [0.29, 0.717) is 6.61 Å². The zero-order valence-corrected chi connectivity index (χ0v) is 12.1. The number of rotatable bonds is 5. The number of ketones is 1. The molecular weight excluding hydrogens is 272 g/mol. The summed E-state index contributed by atoms with van der Waals surface area (Å²) in [6, 6.07) is 7.19. The van der Waals surface area contributed by atoms with E-state index in [2.05, 4.69) is 0 Å². The molecule has 5 heteroatoms. The third-order valence-corrected chi connectivity index (χ3v) is 3.73. The Balaban J connectivity index is 2.26. The first-order valence-electron chi connectivity index (χ1n) is 7.09. The van der Waals surface area contributed by atoms with Crippen LogP contribution in [0.15, 0.2) is 24.3 Å². The smallest absolute Gasteiger partial charge is 0.322 e. The SMILES string of the molecule is CCOC(=O)C1(Cc2ccc(CO)cc2)COCCC1=O. The molecule has 0 bridgehead atoms. The van der Waals surface area contributed by atoms with Crippen LogP contribution in [0.1, 0.15) is 24.5 Å². The molecule has 0 aliphatic carbocycles. The van der Waals surface area contributed by atoms with Crippen LogP contribution in [0.2, 0.25) is 0 Å². The lowest BCUT2D eigenvalue weighted by Gasteiger charge is -2.33. The Morgan fingerprint density at radius 2 is 2.00 bits per heavy atom. The Hall–Kier alpha value is -1.72. The summed E-state index contributed by atoms with van der Waals surface area (Å²) in [5, 5.41) is 9.05. The van der Waals surface area contributed by atoms with Gasteiger partial charge in [-0.3, -0.25) is 9.59 Å². The van der Waals surface area contributed by atoms with E-state index in [1.807, 2.05) is 12.1 Å². The van der Waals surface area contributed by atoms with Gasteiger partial charge in [-0.05, 0) is 24.5 Å². The summed E-state index contributed by atoms with van der Waals surface area (Å²) < 4.78 is 10.5. The van der Waals surface area contributed by atoms with Crippen molar-refractivity contribution in [3.8, 4) is 0 Å². The van der Waals surface area contributed by atoms with E-state index in [4.69, 9.17) is 14.6 Å². The molecule has 0 aromatic heterocycles. The summed E-state index contributed by atoms with van der Waals surface area (Å²) in [7, 11) is 0. The van der Waals surface area contributed by atoms with Crippen molar-refractivity contribution < 1.29 is 24.2 Å². The van der Waals surface area contributed by atoms with Gasteiger partial charge in [0.05, 0.1) is 26.4 Å². The van der Waals surface area contributed by atoms with Crippen LogP contribution in [0, 0.1) is 5.41 Å². The fourth-order valence-corrected chi connectivity index (χ4v) is 2.51. The largest absolute Gasteiger partial charge is 0.465 e. The van der Waals surface area contributed by atoms with E-state index in [9.17, 15) is 9.59 Å². The van der Waals surface area contributed by atoms with Gasteiger partial charge in [-0.15, -0.1) is 0 Å². The zero-order chi connectivity index (χ0) is 15.3. The lowest BCUT2D eigenvalue weighted by atomic mass is 9.76. The number of esters is 1. The Morgan fingerprint density at radius 3 is 2.57 bits per heavy atom. The van der Waals surface area contributed by atoms with Gasteiger partial charge in [-0.1, -0.05) is 24.3 Å². The molecule has 1 aliphatic rings. The minimum absolute atomic E-state index is 0.0364. The quantitative estimate of drug-likeness (QED) is 0.653. The fourth-order valence-electron chi connectivity index (χ4n) is 2.51. The van der Waals surface area contributed by atoms with E-state index in [-0.39, 0.29) is 38.4 Å². The summed E-state index contributed by atoms with van der Waals surface area (Å²) in [6.45, 7) is 2.33. The van der Waals surface area contributed by atoms with Gasteiger partial charge in [0.25, 0.3) is 0 Å². The summed E-state index contributed by atoms with van der Waals surface area (Å²) in [6.07, 6.45) is 0.490. The van der Waals surface area contributed by atoms with Crippen LogP contribution in [0.5, 0.6) is 0 Å². The molecule has 1 aliphatic heterocycles. The second kappa shape index (κ2) is 6.83. The van der Waals surface area contributed by atoms with Gasteiger partial charge < -0.3 is 14.6 Å². The molecule has 1 saturated heterocycles. The molecule has 1 heterocycles. The van der Waals surface area contributed by atoms with E-state index in [1.165, 1.54) is 0 Å². The highest BCUT2D eigenvalue weighted by molar-refractivity contribution is 6.04. The minimum Gasteiger partial charge on any atom is -0.465 e. The summed E-state index contributed by atoms with van der Waals surface area (Å²) in [5.74, 6) is -0.639. The van der Waals surface area contributed by atoms with Crippen molar-refractivity contribution in [2.45, 2.75) is 26.4 Å². The van der Waals surface area contributed by atoms with Crippen molar-refractivity contribution in [1.29, 1.82) is 0 Å². The number of carbonyl (C=O) groups is 2. The molecule has 2 rings (SSSR count). The molecule has 0 radical (unpaired) electrons. The van der Waals surface area contributed by atoms with Crippen LogP contribution in [0.3, 0.4) is 0 Å². The first kappa shape index (κ1) is 15.7. The normalized spacial score (nSPS) is 22.1. The molecule has 5 nitrogen and oxygen atoms in total. The van der Waals surface area contributed by atoms with Crippen LogP contribution in [-0.2, 0) is 32.1 Å². The highest BCUT2D eigenvalue weighted by Crippen LogP contribution is 2.31. The van der Waals surface area contributed by atoms with E-state index in [0.717, 1.165) is 11.1 Å². The molecule has 114 valence electrons. The maximum absolute atomic E-state index is 12.3. The van der Waals surface area contributed by atoms with Gasteiger partial charge in [0.1, 0.15) is 0 Å². The van der Waals surface area contributed by atoms with Crippen LogP contribution in [-0.4, -0.2) is 36.7 Å². The third kappa shape index (κ3) is 3.31. The number of hydrogen-bond donors (Lipinski definition) is 1. The van der Waals surface area contributed by atoms with Gasteiger partial charge in [-0.25, -0.2) is 0 Å². The van der Waals surface area contributed by atoms with Crippen molar-refractivity contribution in [2.24, 2.45) is 5.41 Å². The van der Waals surface area contributed by atoms with Gasteiger partial charge in [0.2, 0.25) is 0 Å². The molecule has 0 spiro atoms. The van der Waals surface area contributed by atoms with Gasteiger partial charge in [0, 0.05) is 6.42 Å². The predicted molar refractivity (Wildman–Crippen MR) is 75.6 cm³/mol. The number of hydrogen-bond acceptors (Lipinski definition) is 5. The molecule has 1 atom stereocenters. The Kier molecular flexibility index (Phi) is 5.09. The second-order valence-corrected chi connectivity index (χ2v) is 5.18. The average Bonchev–Trinajstić information content (AvgIpc) is 2.50. The monoisotopic (exact) mass is 292 g/mol. The van der Waals surface area contributed by atoms with Gasteiger partial charge in [0.15, 0.2) is 11.2 Å². The van der Waals surface area contributed by atoms with E-state index in [1.54, 1.807) is 19.1 Å². The molecule has 1 N–H and O–H groups in total. The highest BCUT2D eigenvalue weighted by Gasteiger charge is 2.48. The molecule has 1 aromatic rings. The Morgan fingerprint density at radius 1 is 1.33 bits per heavy atom. The number of carbonyl (C=O) groups excluding carboxylic acids is 2. The molecule has 0 amide bonds. The molecule has 1 aromatic carbocycles. The predicted octanol–water partition coefficient (Wildman–Crippen LogP) is 1.26. The number of benzene rings is 1. The zero-order valence-electron chi connectivity index (χ0n) is 12.1. The van der Waals surface area contributed by atoms with Crippen molar-refractivity contribution >= 4 is 11.8 Å². The van der Waals surface area contributed by atoms with Crippen molar-refractivity contribution in [3.63, 3.8) is 0 Å². The lowest BCUT2D eigenvalue weighted by Crippen LogP contribution is -2.49. The van der Waals surface area contributed by atoms with Crippen LogP contribution < -0.4 is 0 Å². The number of Topliss-reactive ketones (excluding diaryl/α,β-unsaturated/α-hetero) is 1. The Bertz CT molecular complexity index is 508. The number of aliphatic hydroxyl groups excluding tert-OH is 1. The second-order valence-electron chi connectivity index (χ2n) is 5.18. The maximum atomic E-state index is 12.3. The van der Waals surface area contributed by atoms with E-state index >= 15 is 0 Å². The average molecular weight is 292 g/mol. The maximum Gasteiger partial charge on any atom is 0.322 e. The van der Waals surface area contributed by atoms with Gasteiger partial charge >= 0.3 is 5.97 Å². The van der Waals surface area contributed by atoms with Crippen molar-refractivity contribution in [3.05, 3.63) is 35.4 Å². The number of ether oxygens (including phenoxy) is 2. The Labute approximate surface area is 123 Å². The lowest BCUT2D eigenvalue weighted by molar-refractivity contribution is -0.169. The highest BCUT2D eigenvalue weighted by atomic mass is 16.5. The third-order valence-electron chi connectivity index (χ3n) is 3.73. The topological polar surface area (TPSA) is 72.8 Å². The molecule has 0 saturated carbocycles. The molecule has 1 unspecified atom stereocenters. The van der Waals surface area contributed by atoms with E-state index < -0.39 is 11.4 Å². The molecular formula is C16H20O5. The number of aliphatic hydroxyl groups is 1. The summed E-state index contributed by atoms with van der Waals surface area (Å²) in [5.41, 5.74) is 0.392. The van der Waals surface area contributed by atoms with Crippen molar-refractivity contribution in [1.82, 2.24) is 0 Å². The van der Waals surface area contributed by atoms with Crippen LogP contribution >= 0.6 is 0 Å². The first-order chi connectivity index (χ1) is 10.1. The fraction of sp³-hybridized carbons (Fsp3) is 0.500. The summed E-state index contributed by atoms with van der Waals surface area (Å²) in [4.78, 5) is 24.6. The summed E-state index contributed by atoms with van der Waals surface area (Å²) >= 11 is 0. The van der Waals surface area contributed by atoms with Crippen molar-refractivity contribution in [2.75, 3.05) is 19.8 Å². The molecule has 1 fully saturated rings. The molecule has 21 heavy (non-hydrogen) atoms. The van der Waals surface area contributed by atoms with Gasteiger partial charge in [-0.2, -0.15) is 0 Å². The minimum atomic E-state index is -1.24.